The normalized spacial score (nSPS) is 10.9. The molecule has 0 fully saturated rings. The van der Waals surface area contributed by atoms with Gasteiger partial charge in [-0.2, -0.15) is 4.57 Å². The van der Waals surface area contributed by atoms with Crippen LogP contribution in [0.5, 0.6) is 0 Å². The Bertz CT molecular complexity index is 1020. The van der Waals surface area contributed by atoms with E-state index in [1.165, 1.54) is 33.2 Å². The molecular weight excluding hydrogens is 292 g/mol. The van der Waals surface area contributed by atoms with Crippen LogP contribution in [0.25, 0.3) is 33.2 Å². The molecule has 0 saturated carbocycles. The molecule has 0 radical (unpaired) electrons. The summed E-state index contributed by atoms with van der Waals surface area (Å²) < 4.78 is 2.23. The number of hydrogen-bond acceptors (Lipinski definition) is 1. The molecule has 0 aliphatic carbocycles. The highest BCUT2D eigenvalue weighted by molar-refractivity contribution is 6.01. The lowest BCUT2D eigenvalue weighted by molar-refractivity contribution is -0.658. The van der Waals surface area contributed by atoms with Crippen molar-refractivity contribution in [2.75, 3.05) is 0 Å². The van der Waals surface area contributed by atoms with E-state index in [-0.39, 0.29) is 0 Å². The van der Waals surface area contributed by atoms with Gasteiger partial charge in [0.05, 0.1) is 5.56 Å². The van der Waals surface area contributed by atoms with Gasteiger partial charge in [-0.15, -0.1) is 0 Å². The Hall–Kier alpha value is -3.00. The summed E-state index contributed by atoms with van der Waals surface area (Å²) in [5.41, 5.74) is 6.12. The third-order valence-corrected chi connectivity index (χ3v) is 4.50. The predicted molar refractivity (Wildman–Crippen MR) is 98.5 cm³/mol. The third kappa shape index (κ3) is 2.37. The van der Waals surface area contributed by atoms with Gasteiger partial charge in [0.25, 0.3) is 0 Å². The molecule has 0 atom stereocenters. The van der Waals surface area contributed by atoms with E-state index < -0.39 is 0 Å². The molecule has 0 saturated heterocycles. The molecule has 0 unspecified atom stereocenters. The maximum Gasteiger partial charge on any atom is 0.221 e. The van der Waals surface area contributed by atoms with E-state index in [1.807, 2.05) is 18.5 Å². The quantitative estimate of drug-likeness (QED) is 0.490. The van der Waals surface area contributed by atoms with E-state index in [4.69, 9.17) is 0 Å². The van der Waals surface area contributed by atoms with Crippen LogP contribution in [0, 0.1) is 6.92 Å². The summed E-state index contributed by atoms with van der Waals surface area (Å²) in [5.74, 6) is 0. The van der Waals surface area contributed by atoms with Crippen molar-refractivity contribution in [2.24, 2.45) is 7.05 Å². The second-order valence-corrected chi connectivity index (χ2v) is 6.11. The number of pyridine rings is 2. The van der Waals surface area contributed by atoms with Crippen molar-refractivity contribution >= 4 is 10.8 Å². The highest BCUT2D eigenvalue weighted by Gasteiger charge is 2.22. The monoisotopic (exact) mass is 311 g/mol. The summed E-state index contributed by atoms with van der Waals surface area (Å²) in [7, 11) is 2.12. The van der Waals surface area contributed by atoms with Crippen LogP contribution in [0.15, 0.2) is 79.3 Å². The maximum atomic E-state index is 4.35. The van der Waals surface area contributed by atoms with Gasteiger partial charge in [0.15, 0.2) is 6.20 Å². The highest BCUT2D eigenvalue weighted by Crippen LogP contribution is 2.36. The summed E-state index contributed by atoms with van der Waals surface area (Å²) in [6, 6.07) is 21.2. The largest absolute Gasteiger partial charge is 0.264 e. The fourth-order valence-corrected chi connectivity index (χ4v) is 3.38. The van der Waals surface area contributed by atoms with E-state index >= 15 is 0 Å². The molecule has 0 N–H and O–H groups in total. The Kier molecular flexibility index (Phi) is 3.58. The maximum absolute atomic E-state index is 4.35. The lowest BCUT2D eigenvalue weighted by Gasteiger charge is -2.13. The summed E-state index contributed by atoms with van der Waals surface area (Å²) >= 11 is 0. The van der Waals surface area contributed by atoms with Gasteiger partial charge in [0.1, 0.15) is 7.05 Å². The average molecular weight is 311 g/mol. The summed E-state index contributed by atoms with van der Waals surface area (Å²) in [6.07, 6.45) is 5.97. The van der Waals surface area contributed by atoms with Crippen LogP contribution >= 0.6 is 0 Å². The molecule has 116 valence electrons. The van der Waals surface area contributed by atoms with Crippen molar-refractivity contribution in [3.8, 4) is 22.4 Å². The second kappa shape index (κ2) is 5.89. The number of aromatic nitrogens is 2. The van der Waals surface area contributed by atoms with E-state index in [0.29, 0.717) is 0 Å². The Morgan fingerprint density at radius 2 is 1.67 bits per heavy atom. The average Bonchev–Trinajstić information content (AvgIpc) is 2.62. The predicted octanol–water partition coefficient (Wildman–Crippen LogP) is 4.70. The number of hydrogen-bond donors (Lipinski definition) is 0. The van der Waals surface area contributed by atoms with Crippen molar-refractivity contribution in [3.63, 3.8) is 0 Å². The number of nitrogens with zero attached hydrogens (tertiary/aromatic N) is 2. The summed E-state index contributed by atoms with van der Waals surface area (Å²) in [6.45, 7) is 2.16. The lowest BCUT2D eigenvalue weighted by Crippen LogP contribution is -2.31. The number of fused-ring (bicyclic) bond motifs is 1. The minimum atomic E-state index is 1.14. The Morgan fingerprint density at radius 1 is 0.875 bits per heavy atom. The van der Waals surface area contributed by atoms with Crippen LogP contribution in [0.2, 0.25) is 0 Å². The standard InChI is InChI=1S/C22H19N2/c1-16-8-3-5-11-19(16)22-21(17-10-7-13-23-14-17)20-12-6-4-9-18(20)15-24(22)2/h3-15H,1-2H3/q+1. The third-order valence-electron chi connectivity index (χ3n) is 4.50. The van der Waals surface area contributed by atoms with Gasteiger partial charge in [-0.05, 0) is 30.7 Å². The lowest BCUT2D eigenvalue weighted by atomic mass is 9.93. The number of benzene rings is 2. The number of rotatable bonds is 2. The first kappa shape index (κ1) is 14.6. The van der Waals surface area contributed by atoms with E-state index in [9.17, 15) is 0 Å². The molecule has 0 spiro atoms. The first-order chi connectivity index (χ1) is 11.8. The molecule has 2 aromatic carbocycles. The smallest absolute Gasteiger partial charge is 0.221 e. The fourth-order valence-electron chi connectivity index (χ4n) is 3.38. The molecule has 24 heavy (non-hydrogen) atoms. The summed E-state index contributed by atoms with van der Waals surface area (Å²) in [5, 5.41) is 2.48. The van der Waals surface area contributed by atoms with E-state index in [2.05, 4.69) is 84.3 Å². The zero-order valence-corrected chi connectivity index (χ0v) is 13.9. The minimum Gasteiger partial charge on any atom is -0.264 e. The minimum absolute atomic E-state index is 1.14. The first-order valence-electron chi connectivity index (χ1n) is 8.13. The van der Waals surface area contributed by atoms with Crippen molar-refractivity contribution < 1.29 is 4.57 Å². The molecule has 2 nitrogen and oxygen atoms in total. The topological polar surface area (TPSA) is 16.8 Å². The van der Waals surface area contributed by atoms with Gasteiger partial charge >= 0.3 is 0 Å². The molecule has 4 rings (SSSR count). The molecule has 0 aliphatic rings. The van der Waals surface area contributed by atoms with Gasteiger partial charge in [0.2, 0.25) is 5.69 Å². The number of aryl methyl sites for hydroxylation is 2. The van der Waals surface area contributed by atoms with Crippen LogP contribution in [0.3, 0.4) is 0 Å². The van der Waals surface area contributed by atoms with Crippen molar-refractivity contribution in [2.45, 2.75) is 6.92 Å². The Balaban J connectivity index is 2.17. The zero-order valence-electron chi connectivity index (χ0n) is 13.9. The van der Waals surface area contributed by atoms with Crippen molar-refractivity contribution in [1.82, 2.24) is 4.98 Å². The van der Waals surface area contributed by atoms with Crippen molar-refractivity contribution in [3.05, 3.63) is 84.8 Å². The SMILES string of the molecule is Cc1ccccc1-c1c(-c2cccnc2)c2ccccc2c[n+]1C. The van der Waals surface area contributed by atoms with E-state index in [0.717, 1.165) is 5.56 Å². The van der Waals surface area contributed by atoms with Crippen LogP contribution < -0.4 is 4.57 Å². The van der Waals surface area contributed by atoms with Crippen LogP contribution in [0.4, 0.5) is 0 Å². The first-order valence-corrected chi connectivity index (χ1v) is 8.13. The fraction of sp³-hybridized carbons (Fsp3) is 0.0909. The molecule has 2 heteroatoms. The zero-order chi connectivity index (χ0) is 16.5. The second-order valence-electron chi connectivity index (χ2n) is 6.11. The van der Waals surface area contributed by atoms with Crippen LogP contribution in [-0.2, 0) is 7.05 Å². The highest BCUT2D eigenvalue weighted by atomic mass is 14.9. The molecule has 4 aromatic rings. The Morgan fingerprint density at radius 3 is 2.46 bits per heavy atom. The van der Waals surface area contributed by atoms with Gasteiger partial charge in [-0.1, -0.05) is 42.5 Å². The molecule has 2 heterocycles. The Labute approximate surface area is 142 Å². The molecule has 0 aliphatic heterocycles. The van der Waals surface area contributed by atoms with Crippen LogP contribution in [0.1, 0.15) is 5.56 Å². The molecule has 0 amide bonds. The summed E-state index contributed by atoms with van der Waals surface area (Å²) in [4.78, 5) is 4.35. The van der Waals surface area contributed by atoms with Gasteiger partial charge in [-0.25, -0.2) is 0 Å². The van der Waals surface area contributed by atoms with E-state index in [1.54, 1.807) is 0 Å². The van der Waals surface area contributed by atoms with Crippen LogP contribution in [-0.4, -0.2) is 4.98 Å². The molecule has 0 bridgehead atoms. The molecular formula is C22H19N2+. The van der Waals surface area contributed by atoms with Gasteiger partial charge < -0.3 is 0 Å². The van der Waals surface area contributed by atoms with Gasteiger partial charge in [-0.3, -0.25) is 4.98 Å². The van der Waals surface area contributed by atoms with Crippen molar-refractivity contribution in [1.29, 1.82) is 0 Å². The molecule has 2 aromatic heterocycles. The van der Waals surface area contributed by atoms with Gasteiger partial charge in [0, 0.05) is 34.3 Å².